The van der Waals surface area contributed by atoms with E-state index in [1.54, 1.807) is 65.8 Å². The Kier molecular flexibility index (Phi) is 12.7. The topological polar surface area (TPSA) is 259 Å². The molecule has 0 aliphatic heterocycles. The molecule has 0 aliphatic rings. The number of anilines is 3. The molecular formula is C32H43N7O11. The molecule has 0 aliphatic carbocycles. The zero-order chi connectivity index (χ0) is 37.2. The van der Waals surface area contributed by atoms with Gasteiger partial charge in [-0.1, -0.05) is 12.1 Å². The van der Waals surface area contributed by atoms with Gasteiger partial charge in [0.05, 0.1) is 36.3 Å². The van der Waals surface area contributed by atoms with Crippen LogP contribution >= 0.6 is 0 Å². The van der Waals surface area contributed by atoms with Crippen LogP contribution in [0.15, 0.2) is 40.8 Å². The smallest absolute Gasteiger partial charge is 0.408 e. The number of para-hydroxylation sites is 2. The van der Waals surface area contributed by atoms with Crippen LogP contribution in [0.3, 0.4) is 0 Å². The van der Waals surface area contributed by atoms with Crippen molar-refractivity contribution in [3.05, 3.63) is 42.3 Å². The summed E-state index contributed by atoms with van der Waals surface area (Å²) in [5.41, 5.74) is 5.73. The standard InChI is InChI=1S/C32H43N7O11/c1-17-38-39-26(48-17)18-12-19(33)25(13-24(18)46-7)47-15-23(28(42)43)37-30(45)50-32(5,6)16-35-21-11-9-8-10-20(21)34-14-22(27(40)41)36-29(44)49-31(2,3)4/h8-13,22-23,34-35H,14-16,33H2,1-7H3,(H,36,44)(H,37,45)(H,40,41)(H,42,43)/t22-,23-/m0/s1. The molecule has 1 aromatic heterocycles. The van der Waals surface area contributed by atoms with E-state index in [4.69, 9.17) is 29.1 Å². The number of nitrogens with two attached hydrogens (primary N) is 1. The second-order valence-corrected chi connectivity index (χ2v) is 12.5. The first-order chi connectivity index (χ1) is 23.4. The molecule has 50 heavy (non-hydrogen) atoms. The van der Waals surface area contributed by atoms with Gasteiger partial charge < -0.3 is 60.6 Å². The minimum Gasteiger partial charge on any atom is -0.496 e. The van der Waals surface area contributed by atoms with Crippen LogP contribution in [0.25, 0.3) is 11.5 Å². The molecule has 8 N–H and O–H groups in total. The lowest BCUT2D eigenvalue weighted by atomic mass is 10.1. The highest BCUT2D eigenvalue weighted by Crippen LogP contribution is 2.37. The van der Waals surface area contributed by atoms with Crippen molar-refractivity contribution in [2.75, 3.05) is 43.2 Å². The van der Waals surface area contributed by atoms with Gasteiger partial charge in [0.25, 0.3) is 5.89 Å². The highest BCUT2D eigenvalue weighted by molar-refractivity contribution is 5.82. The zero-order valence-electron chi connectivity index (χ0n) is 28.8. The number of carbonyl (C=O) groups is 4. The van der Waals surface area contributed by atoms with Gasteiger partial charge in [0.2, 0.25) is 5.89 Å². The molecule has 272 valence electrons. The van der Waals surface area contributed by atoms with Gasteiger partial charge in [-0.15, -0.1) is 10.2 Å². The molecule has 18 nitrogen and oxygen atoms in total. The van der Waals surface area contributed by atoms with Crippen LogP contribution in [0, 0.1) is 6.92 Å². The predicted octanol–water partition coefficient (Wildman–Crippen LogP) is 3.47. The minimum atomic E-state index is -1.52. The fraction of sp³-hybridized carbons (Fsp3) is 0.438. The molecule has 0 bridgehead atoms. The van der Waals surface area contributed by atoms with Gasteiger partial charge in [-0.25, -0.2) is 19.2 Å². The van der Waals surface area contributed by atoms with E-state index in [1.807, 2.05) is 0 Å². The Balaban J connectivity index is 1.58. The van der Waals surface area contributed by atoms with Gasteiger partial charge in [-0.3, -0.25) is 0 Å². The summed E-state index contributed by atoms with van der Waals surface area (Å²) in [5.74, 6) is -1.78. The average molecular weight is 702 g/mol. The summed E-state index contributed by atoms with van der Waals surface area (Å²) in [7, 11) is 1.41. The van der Waals surface area contributed by atoms with E-state index in [2.05, 4.69) is 31.5 Å². The van der Waals surface area contributed by atoms with Crippen LogP contribution in [-0.4, -0.2) is 94.6 Å². The SMILES string of the molecule is COc1cc(OC[C@H](NC(=O)OC(C)(C)CNc2ccccc2NC[C@H](NC(=O)OC(C)(C)C)C(=O)O)C(=O)O)c(N)cc1-c1nnc(C)o1. The molecule has 0 saturated carbocycles. The van der Waals surface area contributed by atoms with E-state index >= 15 is 0 Å². The zero-order valence-corrected chi connectivity index (χ0v) is 28.8. The van der Waals surface area contributed by atoms with Crippen molar-refractivity contribution in [3.8, 4) is 23.0 Å². The molecule has 0 radical (unpaired) electrons. The number of benzene rings is 2. The fourth-order valence-corrected chi connectivity index (χ4v) is 4.21. The second-order valence-electron chi connectivity index (χ2n) is 12.5. The maximum atomic E-state index is 12.8. The molecule has 1 heterocycles. The van der Waals surface area contributed by atoms with Gasteiger partial charge in [0, 0.05) is 19.5 Å². The van der Waals surface area contributed by atoms with Crippen LogP contribution in [0.5, 0.6) is 11.5 Å². The van der Waals surface area contributed by atoms with Crippen molar-refractivity contribution in [1.82, 2.24) is 20.8 Å². The number of aryl methyl sites for hydroxylation is 1. The molecule has 0 unspecified atom stereocenters. The summed E-state index contributed by atoms with van der Waals surface area (Å²) in [6.07, 6.45) is -1.90. The summed E-state index contributed by atoms with van der Waals surface area (Å²) in [6, 6.07) is 6.96. The first kappa shape index (κ1) is 38.5. The monoisotopic (exact) mass is 701 g/mol. The first-order valence-corrected chi connectivity index (χ1v) is 15.3. The van der Waals surface area contributed by atoms with Gasteiger partial charge in [-0.2, -0.15) is 0 Å². The molecular weight excluding hydrogens is 658 g/mol. The van der Waals surface area contributed by atoms with Gasteiger partial charge in [0.15, 0.2) is 6.04 Å². The molecule has 2 amide bonds. The van der Waals surface area contributed by atoms with Crippen molar-refractivity contribution >= 4 is 41.2 Å². The maximum Gasteiger partial charge on any atom is 0.408 e. The number of alkyl carbamates (subject to hydrolysis) is 2. The molecule has 18 heteroatoms. The Morgan fingerprint density at radius 1 is 0.880 bits per heavy atom. The number of aliphatic carboxylic acids is 2. The number of hydrogen-bond donors (Lipinski definition) is 7. The number of aromatic nitrogens is 2. The number of methoxy groups -OCH3 is 1. The second kappa shape index (κ2) is 16.4. The summed E-state index contributed by atoms with van der Waals surface area (Å²) >= 11 is 0. The Hall–Kier alpha value is -5.94. The lowest BCUT2D eigenvalue weighted by Crippen LogP contribution is -2.48. The largest absolute Gasteiger partial charge is 0.496 e. The summed E-state index contributed by atoms with van der Waals surface area (Å²) in [5, 5.41) is 37.8. The van der Waals surface area contributed by atoms with E-state index in [0.29, 0.717) is 22.8 Å². The molecule has 0 fully saturated rings. The Labute approximate surface area is 288 Å². The minimum absolute atomic E-state index is 0.0636. The number of carbonyl (C=O) groups excluding carboxylic acids is 2. The third-order valence-electron chi connectivity index (χ3n) is 6.57. The number of rotatable bonds is 16. The predicted molar refractivity (Wildman–Crippen MR) is 180 cm³/mol. The lowest BCUT2D eigenvalue weighted by Gasteiger charge is -2.28. The van der Waals surface area contributed by atoms with Crippen LogP contribution in [0.4, 0.5) is 26.7 Å². The highest BCUT2D eigenvalue weighted by Gasteiger charge is 2.29. The number of nitrogen functional groups attached to an aromatic ring is 1. The number of hydrogen-bond acceptors (Lipinski definition) is 14. The van der Waals surface area contributed by atoms with Crippen molar-refractivity contribution in [2.45, 2.75) is 64.8 Å². The Bertz CT molecular complexity index is 1670. The van der Waals surface area contributed by atoms with Crippen molar-refractivity contribution in [1.29, 1.82) is 0 Å². The van der Waals surface area contributed by atoms with Crippen LogP contribution < -0.4 is 36.5 Å². The molecule has 3 rings (SSSR count). The van der Waals surface area contributed by atoms with Crippen molar-refractivity contribution in [3.63, 3.8) is 0 Å². The number of amides is 2. The van der Waals surface area contributed by atoms with Crippen molar-refractivity contribution < 1.29 is 52.8 Å². The van der Waals surface area contributed by atoms with Crippen molar-refractivity contribution in [2.24, 2.45) is 0 Å². The molecule has 3 aromatic rings. The number of nitrogens with zero attached hydrogens (tertiary/aromatic N) is 2. The highest BCUT2D eigenvalue weighted by atomic mass is 16.6. The summed E-state index contributed by atoms with van der Waals surface area (Å²) in [4.78, 5) is 48.6. The van der Waals surface area contributed by atoms with E-state index in [9.17, 15) is 29.4 Å². The normalized spacial score (nSPS) is 12.5. The third-order valence-corrected chi connectivity index (χ3v) is 6.57. The Morgan fingerprint density at radius 3 is 2.04 bits per heavy atom. The number of carboxylic acid groups (broad SMARTS) is 2. The van der Waals surface area contributed by atoms with E-state index in [1.165, 1.54) is 19.2 Å². The van der Waals surface area contributed by atoms with Gasteiger partial charge in [0.1, 0.15) is 35.3 Å². The summed E-state index contributed by atoms with van der Waals surface area (Å²) < 4.78 is 27.1. The maximum absolute atomic E-state index is 12.8. The van der Waals surface area contributed by atoms with Crippen LogP contribution in [0.1, 0.15) is 40.5 Å². The van der Waals surface area contributed by atoms with Gasteiger partial charge in [-0.05, 0) is 52.8 Å². The Morgan fingerprint density at radius 2 is 1.48 bits per heavy atom. The van der Waals surface area contributed by atoms with Gasteiger partial charge >= 0.3 is 24.1 Å². The first-order valence-electron chi connectivity index (χ1n) is 15.3. The third kappa shape index (κ3) is 11.6. The fourth-order valence-electron chi connectivity index (χ4n) is 4.21. The molecule has 0 spiro atoms. The quantitative estimate of drug-likeness (QED) is 0.105. The lowest BCUT2D eigenvalue weighted by molar-refractivity contribution is -0.140. The molecule has 2 atom stereocenters. The number of carboxylic acids is 2. The number of ether oxygens (including phenoxy) is 4. The van der Waals surface area contributed by atoms with Crippen LogP contribution in [0.2, 0.25) is 0 Å². The molecule has 2 aromatic carbocycles. The number of nitrogens with one attached hydrogen (secondary N) is 4. The molecule has 0 saturated heterocycles. The van der Waals surface area contributed by atoms with Crippen LogP contribution in [-0.2, 0) is 19.1 Å². The van der Waals surface area contributed by atoms with E-state index in [-0.39, 0.29) is 36.2 Å². The van der Waals surface area contributed by atoms with E-state index < -0.39 is 54.0 Å². The average Bonchev–Trinajstić information content (AvgIpc) is 3.45. The summed E-state index contributed by atoms with van der Waals surface area (Å²) in [6.45, 7) is 9.20. The van der Waals surface area contributed by atoms with E-state index in [0.717, 1.165) is 0 Å².